The topological polar surface area (TPSA) is 70.5 Å². The van der Waals surface area contributed by atoms with Crippen molar-refractivity contribution in [2.24, 2.45) is 5.11 Å². The summed E-state index contributed by atoms with van der Waals surface area (Å²) in [6.45, 7) is 7.07. The number of aliphatic hydroxyl groups excluding tert-OH is 1. The highest BCUT2D eigenvalue weighted by molar-refractivity contribution is 5.06. The highest BCUT2D eigenvalue weighted by Gasteiger charge is 1.94. The molecule has 0 atom stereocenters. The van der Waals surface area contributed by atoms with Crippen molar-refractivity contribution in [2.45, 2.75) is 52.9 Å². The van der Waals surface area contributed by atoms with E-state index in [1.807, 2.05) is 6.08 Å². The molecule has 0 saturated carbocycles. The molecule has 0 aliphatic carbocycles. The number of nitrogens with one attached hydrogen (secondary N) is 1. The summed E-state index contributed by atoms with van der Waals surface area (Å²) >= 11 is 0. The van der Waals surface area contributed by atoms with Gasteiger partial charge in [-0.3, -0.25) is 0 Å². The summed E-state index contributed by atoms with van der Waals surface area (Å²) in [5.41, 5.74) is 10.5. The van der Waals surface area contributed by atoms with Crippen LogP contribution in [0.25, 0.3) is 0 Å². The molecule has 2 N–H and O–H groups in total. The number of rotatable bonds is 10. The molecular formula is C16H28N3O+. The molecule has 0 amide bonds. The number of hydrogen-bond donors (Lipinski definition) is 2. The van der Waals surface area contributed by atoms with Crippen LogP contribution in [-0.4, -0.2) is 18.3 Å². The first kappa shape index (κ1) is 18.5. The minimum Gasteiger partial charge on any atom is -0.392 e. The largest absolute Gasteiger partial charge is 0.392 e. The second-order valence-electron chi connectivity index (χ2n) is 5.13. The number of allylic oxidation sites excluding steroid dienone is 4. The van der Waals surface area contributed by atoms with E-state index in [0.717, 1.165) is 32.1 Å². The minimum atomic E-state index is 0.137. The van der Waals surface area contributed by atoms with E-state index in [0.29, 0.717) is 6.54 Å². The maximum Gasteiger partial charge on any atom is 0.214 e. The van der Waals surface area contributed by atoms with Gasteiger partial charge in [-0.15, -0.1) is 0 Å². The van der Waals surface area contributed by atoms with Crippen molar-refractivity contribution in [3.8, 4) is 0 Å². The van der Waals surface area contributed by atoms with Gasteiger partial charge in [0.25, 0.3) is 0 Å². The van der Waals surface area contributed by atoms with Crippen LogP contribution in [0.3, 0.4) is 0 Å². The summed E-state index contributed by atoms with van der Waals surface area (Å²) in [5, 5.41) is 12.4. The van der Waals surface area contributed by atoms with Crippen molar-refractivity contribution in [3.63, 3.8) is 0 Å². The molecule has 0 aliphatic heterocycles. The Bertz CT molecular complexity index is 402. The smallest absolute Gasteiger partial charge is 0.214 e. The molecule has 112 valence electrons. The fraction of sp³-hybridized carbons (Fsp3) is 0.625. The van der Waals surface area contributed by atoms with Crippen LogP contribution in [0.2, 0.25) is 0 Å². The van der Waals surface area contributed by atoms with Crippen molar-refractivity contribution in [3.05, 3.63) is 34.9 Å². The van der Waals surface area contributed by atoms with Crippen LogP contribution >= 0.6 is 0 Å². The average Bonchev–Trinajstić information content (AvgIpc) is 2.39. The van der Waals surface area contributed by atoms with Crippen molar-refractivity contribution in [1.82, 2.24) is 4.91 Å². The summed E-state index contributed by atoms with van der Waals surface area (Å²) in [7, 11) is 0. The van der Waals surface area contributed by atoms with Crippen LogP contribution in [0, 0.1) is 5.53 Å². The van der Waals surface area contributed by atoms with E-state index in [2.05, 4.69) is 42.9 Å². The van der Waals surface area contributed by atoms with Gasteiger partial charge in [0.1, 0.15) is 17.2 Å². The average molecular weight is 278 g/mol. The van der Waals surface area contributed by atoms with Crippen LogP contribution in [0.1, 0.15) is 52.9 Å². The van der Waals surface area contributed by atoms with Crippen LogP contribution in [-0.2, 0) is 0 Å². The summed E-state index contributed by atoms with van der Waals surface area (Å²) in [4.78, 5) is 3.00. The van der Waals surface area contributed by atoms with Gasteiger partial charge in [-0.1, -0.05) is 34.9 Å². The molecule has 0 aromatic heterocycles. The van der Waals surface area contributed by atoms with Gasteiger partial charge in [-0.2, -0.15) is 0 Å². The van der Waals surface area contributed by atoms with Crippen molar-refractivity contribution < 1.29 is 5.11 Å². The fourth-order valence-electron chi connectivity index (χ4n) is 1.83. The number of aliphatic hydroxyl groups is 1. The third-order valence-corrected chi connectivity index (χ3v) is 3.18. The fourth-order valence-corrected chi connectivity index (χ4v) is 1.83. The highest BCUT2D eigenvalue weighted by Crippen LogP contribution is 2.12. The SMILES string of the molecule is CC(=CCO)CCC=C(C)CCC=C(C)CCN=[N+]=N. The zero-order valence-corrected chi connectivity index (χ0v) is 13.0. The molecular weight excluding hydrogens is 250 g/mol. The lowest BCUT2D eigenvalue weighted by Crippen LogP contribution is -1.85. The molecule has 0 bridgehead atoms. The van der Waals surface area contributed by atoms with Gasteiger partial charge in [0.05, 0.1) is 6.61 Å². The van der Waals surface area contributed by atoms with Crippen molar-refractivity contribution >= 4 is 0 Å². The summed E-state index contributed by atoms with van der Waals surface area (Å²) in [6.07, 6.45) is 11.5. The molecule has 4 nitrogen and oxygen atoms in total. The summed E-state index contributed by atoms with van der Waals surface area (Å²) < 4.78 is 0. The summed E-state index contributed by atoms with van der Waals surface area (Å²) in [5.74, 6) is 0. The van der Waals surface area contributed by atoms with Crippen LogP contribution in [0.5, 0.6) is 0 Å². The Morgan fingerprint density at radius 1 is 0.950 bits per heavy atom. The Balaban J connectivity index is 3.91. The van der Waals surface area contributed by atoms with E-state index in [1.165, 1.54) is 16.7 Å². The maximum atomic E-state index is 8.77. The Kier molecular flexibility index (Phi) is 11.6. The van der Waals surface area contributed by atoms with Crippen LogP contribution in [0.4, 0.5) is 0 Å². The van der Waals surface area contributed by atoms with Gasteiger partial charge in [0.2, 0.25) is 4.91 Å². The second-order valence-corrected chi connectivity index (χ2v) is 5.13. The lowest BCUT2D eigenvalue weighted by atomic mass is 10.1. The normalized spacial score (nSPS) is 13.3. The molecule has 0 aliphatic rings. The first-order chi connectivity index (χ1) is 9.60. The monoisotopic (exact) mass is 278 g/mol. The third-order valence-electron chi connectivity index (χ3n) is 3.18. The predicted octanol–water partition coefficient (Wildman–Crippen LogP) is 4.32. The third kappa shape index (κ3) is 11.6. The molecule has 20 heavy (non-hydrogen) atoms. The van der Waals surface area contributed by atoms with E-state index in [9.17, 15) is 0 Å². The number of hydrogen-bond acceptors (Lipinski definition) is 3. The number of nitrogens with zero attached hydrogens (tertiary/aromatic N) is 2. The second kappa shape index (κ2) is 12.5. The van der Waals surface area contributed by atoms with E-state index >= 15 is 0 Å². The molecule has 0 aromatic carbocycles. The molecule has 0 fully saturated rings. The lowest BCUT2D eigenvalue weighted by Gasteiger charge is -2.01. The molecule has 0 heterocycles. The van der Waals surface area contributed by atoms with Gasteiger partial charge < -0.3 is 5.11 Å². The highest BCUT2D eigenvalue weighted by atomic mass is 16.2. The van der Waals surface area contributed by atoms with Gasteiger partial charge in [-0.25, -0.2) is 0 Å². The Labute approximate surface area is 122 Å². The Morgan fingerprint density at radius 3 is 1.95 bits per heavy atom. The molecule has 0 aromatic rings. The molecule has 0 saturated heterocycles. The molecule has 0 spiro atoms. The van der Waals surface area contributed by atoms with E-state index < -0.39 is 0 Å². The minimum absolute atomic E-state index is 0.137. The van der Waals surface area contributed by atoms with Crippen molar-refractivity contribution in [2.75, 3.05) is 13.2 Å². The molecule has 0 radical (unpaired) electrons. The lowest BCUT2D eigenvalue weighted by molar-refractivity contribution is 0.341. The molecule has 4 heteroatoms. The van der Waals surface area contributed by atoms with Gasteiger partial charge in [-0.05, 0) is 52.9 Å². The van der Waals surface area contributed by atoms with E-state index in [-0.39, 0.29) is 6.61 Å². The van der Waals surface area contributed by atoms with Crippen LogP contribution < -0.4 is 4.91 Å². The van der Waals surface area contributed by atoms with Crippen LogP contribution in [0.15, 0.2) is 40.1 Å². The predicted molar refractivity (Wildman–Crippen MR) is 83.6 cm³/mol. The molecule has 0 rings (SSSR count). The van der Waals surface area contributed by atoms with Gasteiger partial charge >= 0.3 is 0 Å². The standard InChI is InChI=1S/C16H28N3O/c1-14(7-5-9-16(3)11-13-20)6-4-8-15(2)10-12-18-19-17/h7-8,11,17,20H,4-6,9-10,12-13H2,1-3H3/q+1. The zero-order chi connectivity index (χ0) is 15.2. The maximum absolute atomic E-state index is 8.77. The summed E-state index contributed by atoms with van der Waals surface area (Å²) in [6, 6.07) is 0. The Hall–Kier alpha value is -1.51. The van der Waals surface area contributed by atoms with E-state index in [4.69, 9.17) is 10.6 Å². The molecule has 0 unspecified atom stereocenters. The quantitative estimate of drug-likeness (QED) is 0.349. The van der Waals surface area contributed by atoms with Crippen molar-refractivity contribution in [1.29, 1.82) is 5.53 Å². The van der Waals surface area contributed by atoms with E-state index in [1.54, 1.807) is 0 Å². The van der Waals surface area contributed by atoms with Gasteiger partial charge in [0, 0.05) is 0 Å². The first-order valence-corrected chi connectivity index (χ1v) is 7.21. The van der Waals surface area contributed by atoms with Gasteiger partial charge in [0.15, 0.2) is 0 Å². The Morgan fingerprint density at radius 2 is 1.45 bits per heavy atom. The zero-order valence-electron chi connectivity index (χ0n) is 13.0. The first-order valence-electron chi connectivity index (χ1n) is 7.21.